The van der Waals surface area contributed by atoms with Crippen molar-refractivity contribution in [3.63, 3.8) is 0 Å². The molecule has 15 heteroatoms. The molecular weight excluding hydrogens is 512 g/mol. The quantitative estimate of drug-likeness (QED) is 0.0997. The monoisotopic (exact) mass is 545 g/mol. The van der Waals surface area contributed by atoms with Crippen LogP contribution in [0.3, 0.4) is 0 Å². The standard InChI is InChI=1S/C19H31NO8S2.2Na.2H2O/c1-17-5-3-6-19(15-17)20(16-18(2)27-8-4-14-29(21)22)7-9-25-10-11-26-12-13-28-30(23)24;;;;/h3,5-6,15,18H,4,7-14,16H2,1-2H3;;;2*1H2/q-2;2*+1;;/p-2. The zero-order chi connectivity index (χ0) is 22.2. The van der Waals surface area contributed by atoms with Gasteiger partial charge in [-0.15, -0.1) is 0 Å². The van der Waals surface area contributed by atoms with E-state index in [1.165, 1.54) is 0 Å². The fourth-order valence-electron chi connectivity index (χ4n) is 2.63. The van der Waals surface area contributed by atoms with Crippen LogP contribution in [0.2, 0.25) is 0 Å². The summed E-state index contributed by atoms with van der Waals surface area (Å²) < 4.78 is 62.5. The SMILES string of the molecule is Cc1cccc(N(CCOCCOCCO[S-](=O)=O)CC(C)OCCC[S-](=O)=O)c1.[Na+].[Na+].[OH-].[OH-]. The van der Waals surface area contributed by atoms with Gasteiger partial charge in [0.05, 0.1) is 50.1 Å². The smallest absolute Gasteiger partial charge is 0.870 e. The van der Waals surface area contributed by atoms with Crippen LogP contribution in [0.4, 0.5) is 5.69 Å². The number of hydrogen-bond acceptors (Lipinski definition) is 13. The van der Waals surface area contributed by atoms with E-state index in [0.717, 1.165) is 11.3 Å². The van der Waals surface area contributed by atoms with Gasteiger partial charge < -0.3 is 51.1 Å². The molecule has 0 heterocycles. The van der Waals surface area contributed by atoms with E-state index in [1.807, 2.05) is 32.0 Å². The molecule has 1 rings (SSSR count). The minimum atomic E-state index is -2.52. The number of hydrogen-bond donors (Lipinski definition) is 0. The van der Waals surface area contributed by atoms with E-state index >= 15 is 0 Å². The molecular formula is C19H33NNa2O10S2-2. The first-order valence-corrected chi connectivity index (χ1v) is 12.0. The molecule has 1 aromatic carbocycles. The minimum absolute atomic E-state index is 0. The second kappa shape index (κ2) is 26.7. The molecule has 0 amide bonds. The fourth-order valence-corrected chi connectivity index (χ4v) is 3.19. The Kier molecular flexibility index (Phi) is 32.9. The van der Waals surface area contributed by atoms with Gasteiger partial charge in [0.15, 0.2) is 0 Å². The molecule has 11 nitrogen and oxygen atoms in total. The van der Waals surface area contributed by atoms with Gasteiger partial charge in [0, 0.05) is 25.4 Å². The fraction of sp³-hybridized carbons (Fsp3) is 0.684. The molecule has 0 aliphatic carbocycles. The third-order valence-corrected chi connectivity index (χ3v) is 4.97. The number of aryl methyl sites for hydroxylation is 1. The molecule has 0 spiro atoms. The Morgan fingerprint density at radius 3 is 2.12 bits per heavy atom. The second-order valence-corrected chi connectivity index (χ2v) is 8.24. The summed E-state index contributed by atoms with van der Waals surface area (Å²) in [6, 6.07) is 8.16. The summed E-state index contributed by atoms with van der Waals surface area (Å²) in [6.07, 6.45) is 0.407. The molecule has 2 N–H and O–H groups in total. The van der Waals surface area contributed by atoms with Gasteiger partial charge in [-0.1, -0.05) is 28.6 Å². The summed E-state index contributed by atoms with van der Waals surface area (Å²) in [4.78, 5) is 2.17. The van der Waals surface area contributed by atoms with Gasteiger partial charge in [0.2, 0.25) is 0 Å². The van der Waals surface area contributed by atoms with Crippen LogP contribution >= 0.6 is 0 Å². The average Bonchev–Trinajstić information content (AvgIpc) is 2.68. The summed E-state index contributed by atoms with van der Waals surface area (Å²) in [5, 5.41) is 0. The molecule has 190 valence electrons. The van der Waals surface area contributed by atoms with Crippen molar-refractivity contribution in [2.75, 3.05) is 63.4 Å². The topological polar surface area (TPSA) is 168 Å². The van der Waals surface area contributed by atoms with E-state index in [4.69, 9.17) is 14.2 Å². The van der Waals surface area contributed by atoms with Gasteiger partial charge in [0.1, 0.15) is 0 Å². The maximum Gasteiger partial charge on any atom is 1.00 e. The molecule has 0 saturated carbocycles. The van der Waals surface area contributed by atoms with Crippen molar-refractivity contribution >= 4 is 27.4 Å². The van der Waals surface area contributed by atoms with Crippen LogP contribution in [0.15, 0.2) is 24.3 Å². The molecule has 0 saturated heterocycles. The zero-order valence-electron chi connectivity index (χ0n) is 20.4. The Hall–Kier alpha value is 0.680. The average molecular weight is 546 g/mol. The van der Waals surface area contributed by atoms with Crippen LogP contribution < -0.4 is 64.0 Å². The van der Waals surface area contributed by atoms with E-state index < -0.39 is 21.7 Å². The third kappa shape index (κ3) is 23.1. The maximum atomic E-state index is 10.6. The molecule has 1 atom stereocenters. The van der Waals surface area contributed by atoms with Crippen molar-refractivity contribution in [1.29, 1.82) is 0 Å². The van der Waals surface area contributed by atoms with Gasteiger partial charge in [-0.2, -0.15) is 0 Å². The predicted molar refractivity (Wildman–Crippen MR) is 117 cm³/mol. The van der Waals surface area contributed by atoms with Gasteiger partial charge in [-0.3, -0.25) is 0 Å². The van der Waals surface area contributed by atoms with Crippen molar-refractivity contribution < 1.29 is 105 Å². The summed E-state index contributed by atoms with van der Waals surface area (Å²) in [5.41, 5.74) is 2.22. The van der Waals surface area contributed by atoms with Gasteiger partial charge in [-0.25, -0.2) is 0 Å². The Balaban J connectivity index is -0.00000112. The van der Waals surface area contributed by atoms with Crippen LogP contribution in [0.25, 0.3) is 0 Å². The Labute approximate surface area is 250 Å². The molecule has 0 bridgehead atoms. The maximum absolute atomic E-state index is 10.6. The molecule has 0 radical (unpaired) electrons. The van der Waals surface area contributed by atoms with Crippen molar-refractivity contribution in [3.8, 4) is 0 Å². The van der Waals surface area contributed by atoms with Crippen LogP contribution in [0, 0.1) is 6.92 Å². The van der Waals surface area contributed by atoms with E-state index in [-0.39, 0.29) is 95.1 Å². The van der Waals surface area contributed by atoms with Crippen molar-refractivity contribution in [1.82, 2.24) is 0 Å². The van der Waals surface area contributed by atoms with Crippen LogP contribution in [0.1, 0.15) is 18.9 Å². The largest absolute Gasteiger partial charge is 1.00 e. The van der Waals surface area contributed by atoms with Crippen LogP contribution in [0.5, 0.6) is 0 Å². The Morgan fingerprint density at radius 1 is 0.912 bits per heavy atom. The van der Waals surface area contributed by atoms with E-state index in [0.29, 0.717) is 45.9 Å². The number of nitrogens with zero attached hydrogens (tertiary/aromatic N) is 1. The van der Waals surface area contributed by atoms with E-state index in [2.05, 4.69) is 15.1 Å². The summed E-state index contributed by atoms with van der Waals surface area (Å²) in [5.74, 6) is 0.102. The molecule has 0 aliphatic heterocycles. The Morgan fingerprint density at radius 2 is 1.53 bits per heavy atom. The van der Waals surface area contributed by atoms with Gasteiger partial charge >= 0.3 is 59.1 Å². The van der Waals surface area contributed by atoms with E-state index in [1.54, 1.807) is 0 Å². The van der Waals surface area contributed by atoms with Gasteiger partial charge in [-0.05, 0) is 38.0 Å². The number of rotatable bonds is 18. The molecule has 34 heavy (non-hydrogen) atoms. The van der Waals surface area contributed by atoms with Crippen molar-refractivity contribution in [2.45, 2.75) is 26.4 Å². The predicted octanol–water partition coefficient (Wildman–Crippen LogP) is -4.17. The molecule has 1 unspecified atom stereocenters. The summed E-state index contributed by atoms with van der Waals surface area (Å²) in [6.45, 7) is 7.08. The first kappa shape index (κ1) is 41.8. The van der Waals surface area contributed by atoms with Crippen LogP contribution in [-0.2, 0) is 56.9 Å². The second-order valence-electron chi connectivity index (χ2n) is 6.58. The summed E-state index contributed by atoms with van der Waals surface area (Å²) in [7, 11) is -4.55. The Bertz CT molecular complexity index is 738. The van der Waals surface area contributed by atoms with E-state index in [9.17, 15) is 16.8 Å². The molecule has 0 aromatic heterocycles. The molecule has 1 aromatic rings. The number of anilines is 1. The number of benzene rings is 1. The molecule has 0 aliphatic rings. The minimum Gasteiger partial charge on any atom is -0.870 e. The molecule has 0 fully saturated rings. The summed E-state index contributed by atoms with van der Waals surface area (Å²) >= 11 is 0. The normalized spacial score (nSPS) is 11.1. The first-order valence-electron chi connectivity index (χ1n) is 9.75. The van der Waals surface area contributed by atoms with Gasteiger partial charge in [0.25, 0.3) is 0 Å². The van der Waals surface area contributed by atoms with Crippen molar-refractivity contribution in [2.24, 2.45) is 0 Å². The third-order valence-electron chi connectivity index (χ3n) is 3.99. The van der Waals surface area contributed by atoms with Crippen LogP contribution in [-0.4, -0.2) is 75.5 Å². The first-order chi connectivity index (χ1) is 14.4. The number of ether oxygens (including phenoxy) is 3. The zero-order valence-corrected chi connectivity index (χ0v) is 26.0. The van der Waals surface area contributed by atoms with Crippen molar-refractivity contribution in [3.05, 3.63) is 29.8 Å².